The predicted molar refractivity (Wildman–Crippen MR) is 189 cm³/mol. The zero-order valence-corrected chi connectivity index (χ0v) is 29.3. The van der Waals surface area contributed by atoms with Crippen molar-refractivity contribution in [1.82, 2.24) is 4.98 Å². The van der Waals surface area contributed by atoms with E-state index in [2.05, 4.69) is 10.7 Å². The fourth-order valence-corrected chi connectivity index (χ4v) is 3.56. The molecule has 290 valence electrons. The number of carboxylic acid groups (broad SMARTS) is 6. The van der Waals surface area contributed by atoms with E-state index in [4.69, 9.17) is 59.3 Å². The van der Waals surface area contributed by atoms with Crippen molar-refractivity contribution in [2.24, 2.45) is 40.3 Å². The van der Waals surface area contributed by atoms with Crippen molar-refractivity contribution in [2.75, 3.05) is 12.0 Å². The number of aliphatic carboxylic acids is 6. The first kappa shape index (κ1) is 50.6. The first-order valence-corrected chi connectivity index (χ1v) is 16.4. The van der Waals surface area contributed by atoms with E-state index in [1.54, 1.807) is 11.8 Å². The number of hydrogen-bond donors (Lipinski definition) is 13. The van der Waals surface area contributed by atoms with Gasteiger partial charge in [-0.2, -0.15) is 11.8 Å². The third-order valence-corrected chi connectivity index (χ3v) is 7.02. The minimum Gasteiger partial charge on any atom is -0.481 e. The van der Waals surface area contributed by atoms with Gasteiger partial charge in [0.15, 0.2) is 0 Å². The summed E-state index contributed by atoms with van der Waals surface area (Å²) < 4.78 is 0. The average molecular weight is 750 g/mol. The summed E-state index contributed by atoms with van der Waals surface area (Å²) in [5, 5.41) is 50.5. The average Bonchev–Trinajstić information content (AvgIpc) is 3.45. The molecule has 19 N–H and O–H groups in total. The zero-order valence-electron chi connectivity index (χ0n) is 28.5. The van der Waals surface area contributed by atoms with E-state index in [0.717, 1.165) is 28.6 Å². The molecule has 6 atom stereocenters. The molecule has 21 heteroatoms. The highest BCUT2D eigenvalue weighted by Crippen LogP contribution is 2.18. The number of nitrogens with two attached hydrogens (primary N) is 6. The molecule has 1 heterocycles. The van der Waals surface area contributed by atoms with Gasteiger partial charge in [0.05, 0.1) is 12.8 Å². The Labute approximate surface area is 297 Å². The number of benzene rings is 1. The summed E-state index contributed by atoms with van der Waals surface area (Å²) in [6.07, 6.45) is 4.61. The van der Waals surface area contributed by atoms with Gasteiger partial charge in [0.25, 0.3) is 0 Å². The van der Waals surface area contributed by atoms with Crippen LogP contribution in [0.15, 0.2) is 30.5 Å². The highest BCUT2D eigenvalue weighted by atomic mass is 32.2. The van der Waals surface area contributed by atoms with Gasteiger partial charge < -0.3 is 70.0 Å². The number of H-pyrrole nitrogens is 1. The topological polar surface area (TPSA) is 413 Å². The van der Waals surface area contributed by atoms with E-state index in [0.29, 0.717) is 12.8 Å². The first-order valence-electron chi connectivity index (χ1n) is 15.0. The lowest BCUT2D eigenvalue weighted by Crippen LogP contribution is -2.36. The Bertz CT molecular complexity index is 1360. The molecule has 20 nitrogen and oxygen atoms in total. The number of amides is 1. The van der Waals surface area contributed by atoms with Gasteiger partial charge in [-0.25, -0.2) is 0 Å². The number of carboxylic acids is 6. The Balaban J connectivity index is -0.000000579. The summed E-state index contributed by atoms with van der Waals surface area (Å²) in [5.74, 6) is -6.33. The number of fused-ring (bicyclic) bond motifs is 1. The largest absolute Gasteiger partial charge is 0.481 e. The molecule has 0 aliphatic heterocycles. The molecule has 0 saturated heterocycles. The van der Waals surface area contributed by atoms with Crippen LogP contribution in [0.4, 0.5) is 0 Å². The van der Waals surface area contributed by atoms with Crippen LogP contribution in [0.3, 0.4) is 0 Å². The molecule has 1 amide bonds. The minimum absolute atomic E-state index is 0.0718. The van der Waals surface area contributed by atoms with E-state index >= 15 is 0 Å². The number of carbonyl (C=O) groups excluding carboxylic acids is 1. The second kappa shape index (κ2) is 28.0. The molecule has 0 aliphatic rings. The first-order chi connectivity index (χ1) is 23.5. The Hall–Kier alpha value is -4.80. The third kappa shape index (κ3) is 25.8. The monoisotopic (exact) mass is 749 g/mol. The molecule has 2 rings (SSSR count). The van der Waals surface area contributed by atoms with Crippen LogP contribution in [0.5, 0.6) is 0 Å². The second-order valence-electron chi connectivity index (χ2n) is 10.6. The van der Waals surface area contributed by atoms with E-state index < -0.39 is 78.4 Å². The van der Waals surface area contributed by atoms with Crippen LogP contribution in [-0.4, -0.2) is 120 Å². The summed E-state index contributed by atoms with van der Waals surface area (Å²) in [7, 11) is 0. The van der Waals surface area contributed by atoms with E-state index in [-0.39, 0.29) is 12.3 Å². The SMILES string of the molecule is CC[C@H](C)[C@H](N)C(=O)O.CSCC[C@H](N)C(=O)O.NC(=O)C[C@H](N)C(=O)O.N[C@@H](CC(=O)O)C(=O)O.N[C@@H](Cc1c[nH]c2ccccc12)C(=O)O. The molecule has 0 bridgehead atoms. The molecule has 0 unspecified atom stereocenters. The second-order valence-corrected chi connectivity index (χ2v) is 11.6. The molecule has 0 radical (unpaired) electrons. The molecular weight excluding hydrogens is 698 g/mol. The molecule has 1 aromatic heterocycles. The van der Waals surface area contributed by atoms with Gasteiger partial charge in [0.1, 0.15) is 30.2 Å². The quantitative estimate of drug-likeness (QED) is 0.0964. The zero-order chi connectivity index (χ0) is 40.4. The van der Waals surface area contributed by atoms with Crippen molar-refractivity contribution in [3.63, 3.8) is 0 Å². The fraction of sp³-hybridized carbons (Fsp3) is 0.500. The maximum Gasteiger partial charge on any atom is 0.321 e. The maximum absolute atomic E-state index is 10.6. The molecule has 0 fully saturated rings. The van der Waals surface area contributed by atoms with Crippen LogP contribution in [0.2, 0.25) is 0 Å². The maximum atomic E-state index is 10.6. The van der Waals surface area contributed by atoms with Crippen molar-refractivity contribution in [2.45, 2.75) is 76.2 Å². The Morgan fingerprint density at radius 2 is 1.20 bits per heavy atom. The molecular formula is C30H51N7O13S. The van der Waals surface area contributed by atoms with Gasteiger partial charge in [-0.15, -0.1) is 0 Å². The third-order valence-electron chi connectivity index (χ3n) is 6.37. The highest BCUT2D eigenvalue weighted by Gasteiger charge is 2.18. The summed E-state index contributed by atoms with van der Waals surface area (Å²) in [4.78, 5) is 73.5. The Morgan fingerprint density at radius 1 is 0.725 bits per heavy atom. The van der Waals surface area contributed by atoms with E-state index in [1.807, 2.05) is 50.6 Å². The lowest BCUT2D eigenvalue weighted by Gasteiger charge is -2.11. The van der Waals surface area contributed by atoms with Crippen LogP contribution in [0, 0.1) is 5.92 Å². The minimum atomic E-state index is -1.29. The summed E-state index contributed by atoms with van der Waals surface area (Å²) in [5.41, 5.74) is 32.3. The smallest absolute Gasteiger partial charge is 0.321 e. The van der Waals surface area contributed by atoms with Gasteiger partial charge in [0, 0.05) is 23.5 Å². The number of nitrogens with one attached hydrogen (secondary N) is 1. The molecule has 0 aliphatic carbocycles. The van der Waals surface area contributed by atoms with Crippen LogP contribution in [-0.2, 0) is 40.0 Å². The predicted octanol–water partition coefficient (Wildman–Crippen LogP) is -1.14. The number of para-hydroxylation sites is 1. The number of aromatic amines is 1. The summed E-state index contributed by atoms with van der Waals surface area (Å²) in [6.45, 7) is 3.76. The van der Waals surface area contributed by atoms with Crippen molar-refractivity contribution in [3.8, 4) is 0 Å². The number of hydrogen-bond acceptors (Lipinski definition) is 13. The van der Waals surface area contributed by atoms with Crippen LogP contribution < -0.4 is 34.4 Å². The fourth-order valence-electron chi connectivity index (χ4n) is 3.07. The van der Waals surface area contributed by atoms with E-state index in [1.165, 1.54) is 0 Å². The number of aromatic nitrogens is 1. The molecule has 0 saturated carbocycles. The highest BCUT2D eigenvalue weighted by molar-refractivity contribution is 7.98. The summed E-state index contributed by atoms with van der Waals surface area (Å²) >= 11 is 1.60. The number of primary amides is 1. The van der Waals surface area contributed by atoms with E-state index in [9.17, 15) is 33.6 Å². The van der Waals surface area contributed by atoms with Crippen molar-refractivity contribution in [3.05, 3.63) is 36.0 Å². The normalized spacial score (nSPS) is 13.5. The Morgan fingerprint density at radius 3 is 1.53 bits per heavy atom. The van der Waals surface area contributed by atoms with Gasteiger partial charge in [-0.3, -0.25) is 33.6 Å². The number of thioether (sulfide) groups is 1. The lowest BCUT2D eigenvalue weighted by atomic mass is 10.0. The van der Waals surface area contributed by atoms with Gasteiger partial charge in [-0.05, 0) is 36.0 Å². The Kier molecular flexibility index (Phi) is 27.7. The van der Waals surface area contributed by atoms with Crippen LogP contribution in [0.1, 0.15) is 45.1 Å². The van der Waals surface area contributed by atoms with Gasteiger partial charge in [-0.1, -0.05) is 38.5 Å². The van der Waals surface area contributed by atoms with Crippen LogP contribution in [0.25, 0.3) is 10.9 Å². The summed E-state index contributed by atoms with van der Waals surface area (Å²) in [6, 6.07) is 3.08. The number of rotatable bonds is 16. The number of carbonyl (C=O) groups is 7. The molecule has 51 heavy (non-hydrogen) atoms. The van der Waals surface area contributed by atoms with Crippen molar-refractivity contribution < 1.29 is 64.2 Å². The molecule has 0 spiro atoms. The molecule has 1 aromatic carbocycles. The van der Waals surface area contributed by atoms with Gasteiger partial charge in [0.2, 0.25) is 5.91 Å². The van der Waals surface area contributed by atoms with Crippen LogP contribution >= 0.6 is 11.8 Å². The standard InChI is InChI=1S/C11H12N2O2.C6H13NO2.C5H11NO2S.C4H8N2O3.C4H7NO4/c12-9(11(14)15)5-7-6-13-10-4-2-1-3-8(7)10;1-3-4(2)5(7)6(8)9;1-9-3-2-4(6)5(7)8;2*5-2(4(8)9)1-3(6)7/h1-4,6,9,13H,5,12H2,(H,14,15);4-5H,3,7H2,1-2H3,(H,8,9);4H,2-3,6H2,1H3,(H,7,8);2H,1,5H2,(H2,6,7)(H,8,9);2H,1,5H2,(H,6,7)(H,8,9)/t9-;4-,5-;4-;2*2-/m00000/s1. The van der Waals surface area contributed by atoms with Crippen molar-refractivity contribution >= 4 is 64.4 Å². The molecule has 2 aromatic rings. The van der Waals surface area contributed by atoms with Gasteiger partial charge >= 0.3 is 35.8 Å². The lowest BCUT2D eigenvalue weighted by molar-refractivity contribution is -0.144. The van der Waals surface area contributed by atoms with Crippen molar-refractivity contribution in [1.29, 1.82) is 0 Å².